The minimum atomic E-state index is -0.0891. The first kappa shape index (κ1) is 32.2. The monoisotopic (exact) mass is 465 g/mol. The van der Waals surface area contributed by atoms with Crippen LogP contribution in [0.1, 0.15) is 53.4 Å². The Bertz CT molecular complexity index is 543. The number of aromatic nitrogens is 1. The van der Waals surface area contributed by atoms with E-state index in [0.29, 0.717) is 0 Å². The Morgan fingerprint density at radius 1 is 0.800 bits per heavy atom. The van der Waals surface area contributed by atoms with Gasteiger partial charge in [-0.1, -0.05) is 31.4 Å². The maximum absolute atomic E-state index is 9.60. The molecule has 1 aliphatic rings. The fourth-order valence-electron chi connectivity index (χ4n) is 1.50. The van der Waals surface area contributed by atoms with Gasteiger partial charge in [0.1, 0.15) is 0 Å². The molecule has 0 aliphatic heterocycles. The van der Waals surface area contributed by atoms with Gasteiger partial charge in [0.2, 0.25) is 0 Å². The van der Waals surface area contributed by atoms with E-state index in [4.69, 9.17) is 5.11 Å². The Hall–Kier alpha value is -2.50. The Morgan fingerprint density at radius 2 is 1.20 bits per heavy atom. The summed E-state index contributed by atoms with van der Waals surface area (Å²) in [5.74, 6) is 0. The Morgan fingerprint density at radius 3 is 1.33 bits per heavy atom. The van der Waals surface area contributed by atoms with E-state index in [2.05, 4.69) is 25.6 Å². The SMILES string of the molecule is CC(=N[O-])C(C)=N[O-].CC(=N[O-])C(C)=N[O-].OC1[CH-]CCCC1.[Co].c1ccncc1. The van der Waals surface area contributed by atoms with Crippen LogP contribution in [-0.2, 0) is 16.8 Å². The van der Waals surface area contributed by atoms with Gasteiger partial charge in [0.25, 0.3) is 0 Å². The molecule has 0 spiro atoms. The summed E-state index contributed by atoms with van der Waals surface area (Å²) in [6, 6.07) is 5.72. The Labute approximate surface area is 187 Å². The first-order valence-electron chi connectivity index (χ1n) is 8.88. The summed E-state index contributed by atoms with van der Waals surface area (Å²) < 4.78 is 0. The van der Waals surface area contributed by atoms with Crippen molar-refractivity contribution in [2.45, 2.75) is 59.5 Å². The average Bonchev–Trinajstić information content (AvgIpc) is 2.79. The summed E-state index contributed by atoms with van der Waals surface area (Å²) in [4.78, 5) is 3.78. The molecule has 173 valence electrons. The van der Waals surface area contributed by atoms with Crippen LogP contribution in [0.15, 0.2) is 51.2 Å². The molecule has 0 saturated heterocycles. The van der Waals surface area contributed by atoms with Gasteiger partial charge in [-0.15, -0.1) is 0 Å². The Kier molecular flexibility index (Phi) is 24.4. The third kappa shape index (κ3) is 20.2. The summed E-state index contributed by atoms with van der Waals surface area (Å²) in [6.45, 7) is 5.74. The fourth-order valence-corrected chi connectivity index (χ4v) is 1.50. The number of hydrogen-bond acceptors (Lipinski definition) is 10. The second-order valence-corrected chi connectivity index (χ2v) is 5.82. The van der Waals surface area contributed by atoms with Crippen LogP contribution < -0.4 is 0 Å². The molecule has 1 fully saturated rings. The quantitative estimate of drug-likeness (QED) is 0.392. The minimum absolute atomic E-state index is 0. The topological polar surface area (TPSA) is 175 Å². The van der Waals surface area contributed by atoms with Crippen LogP contribution in [0.25, 0.3) is 0 Å². The number of aliphatic hydroxyl groups excluding tert-OH is 1. The maximum Gasteiger partial charge on any atom is 0.0465 e. The van der Waals surface area contributed by atoms with E-state index in [1.165, 1.54) is 40.5 Å². The molecule has 10 nitrogen and oxygen atoms in total. The van der Waals surface area contributed by atoms with Gasteiger partial charge < -0.3 is 53.0 Å². The summed E-state index contributed by atoms with van der Waals surface area (Å²) in [7, 11) is 0. The van der Waals surface area contributed by atoms with Crippen molar-refractivity contribution in [3.05, 3.63) is 57.8 Å². The molecule has 1 aliphatic carbocycles. The number of pyridine rings is 1. The van der Waals surface area contributed by atoms with E-state index in [0.717, 1.165) is 12.8 Å². The fraction of sp³-hybridized carbons (Fsp3) is 0.474. The summed E-state index contributed by atoms with van der Waals surface area (Å²) in [6.07, 6.45) is 9.98. The predicted octanol–water partition coefficient (Wildman–Crippen LogP) is 4.01. The van der Waals surface area contributed by atoms with Crippen LogP contribution in [0, 0.1) is 27.2 Å². The molecule has 1 aromatic heterocycles. The van der Waals surface area contributed by atoms with Gasteiger partial charge in [-0.05, 0) is 39.8 Å². The molecular formula is C19H28CoN5O5-5. The summed E-state index contributed by atoms with van der Waals surface area (Å²) in [5, 5.41) is 57.2. The van der Waals surface area contributed by atoms with Gasteiger partial charge in [-0.3, -0.25) is 4.98 Å². The van der Waals surface area contributed by atoms with Crippen molar-refractivity contribution in [2.24, 2.45) is 20.6 Å². The maximum atomic E-state index is 9.60. The van der Waals surface area contributed by atoms with Gasteiger partial charge in [-0.25, -0.2) is 0 Å². The van der Waals surface area contributed by atoms with E-state index in [-0.39, 0.29) is 45.7 Å². The molecule has 1 N–H and O–H groups in total. The molecule has 2 rings (SSSR count). The average molecular weight is 465 g/mol. The summed E-state index contributed by atoms with van der Waals surface area (Å²) in [5.41, 5.74) is 0.556. The smallest absolute Gasteiger partial charge is 0.0465 e. The third-order valence-corrected chi connectivity index (χ3v) is 3.55. The molecular weight excluding hydrogens is 437 g/mol. The molecule has 0 bridgehead atoms. The van der Waals surface area contributed by atoms with Crippen molar-refractivity contribution < 1.29 is 21.9 Å². The van der Waals surface area contributed by atoms with E-state index in [1.54, 1.807) is 12.4 Å². The molecule has 1 atom stereocenters. The largest absolute Gasteiger partial charge is 0.792 e. The van der Waals surface area contributed by atoms with Crippen LogP contribution in [-0.4, -0.2) is 39.0 Å². The molecule has 1 radical (unpaired) electrons. The normalized spacial score (nSPS) is 16.9. The van der Waals surface area contributed by atoms with Gasteiger partial charge >= 0.3 is 0 Å². The first-order valence-corrected chi connectivity index (χ1v) is 8.88. The molecule has 11 heteroatoms. The molecule has 1 aromatic rings. The van der Waals surface area contributed by atoms with Crippen LogP contribution >= 0.6 is 0 Å². The van der Waals surface area contributed by atoms with Crippen LogP contribution in [0.5, 0.6) is 0 Å². The van der Waals surface area contributed by atoms with E-state index in [9.17, 15) is 20.8 Å². The first-order chi connectivity index (χ1) is 13.8. The number of aliphatic hydroxyl groups is 1. The van der Waals surface area contributed by atoms with Crippen LogP contribution in [0.3, 0.4) is 0 Å². The number of hydrogen-bond donors (Lipinski definition) is 1. The van der Waals surface area contributed by atoms with Crippen molar-refractivity contribution in [1.29, 1.82) is 0 Å². The third-order valence-electron chi connectivity index (χ3n) is 3.55. The van der Waals surface area contributed by atoms with Crippen LogP contribution in [0.4, 0.5) is 0 Å². The van der Waals surface area contributed by atoms with Crippen molar-refractivity contribution in [3.63, 3.8) is 0 Å². The van der Waals surface area contributed by atoms with Gasteiger partial charge in [0.05, 0.1) is 0 Å². The van der Waals surface area contributed by atoms with Crippen molar-refractivity contribution in [1.82, 2.24) is 4.98 Å². The zero-order chi connectivity index (χ0) is 22.5. The van der Waals surface area contributed by atoms with Gasteiger partial charge in [-0.2, -0.15) is 6.42 Å². The van der Waals surface area contributed by atoms with Crippen molar-refractivity contribution in [3.8, 4) is 0 Å². The second kappa shape index (κ2) is 22.8. The molecule has 0 amide bonds. The van der Waals surface area contributed by atoms with E-state index >= 15 is 0 Å². The standard InChI is InChI=1S/C6H11O.C5H5N.2C4H8N2O2.Co/c7-6-4-2-1-3-5-6;1-2-4-6-5-3-1;2*1-3(5-7)4(2)6-8;/h4,6-7H,1-3,5H2;1-5H;2*7-8H,1-2H3;/q-1;;;;/p-4. The van der Waals surface area contributed by atoms with Gasteiger partial charge in [0, 0.05) is 52.0 Å². The van der Waals surface area contributed by atoms with E-state index < -0.39 is 0 Å². The zero-order valence-electron chi connectivity index (χ0n) is 17.5. The number of rotatable bonds is 2. The van der Waals surface area contributed by atoms with Gasteiger partial charge in [0.15, 0.2) is 0 Å². The summed E-state index contributed by atoms with van der Waals surface area (Å²) >= 11 is 0. The number of nitrogens with zero attached hydrogens (tertiary/aromatic N) is 5. The molecule has 0 aromatic carbocycles. The van der Waals surface area contributed by atoms with E-state index in [1.807, 2.05) is 24.6 Å². The van der Waals surface area contributed by atoms with Crippen LogP contribution in [0.2, 0.25) is 0 Å². The molecule has 1 heterocycles. The molecule has 1 unspecified atom stereocenters. The van der Waals surface area contributed by atoms with Crippen molar-refractivity contribution in [2.75, 3.05) is 0 Å². The zero-order valence-corrected chi connectivity index (χ0v) is 18.6. The second-order valence-electron chi connectivity index (χ2n) is 5.82. The molecule has 30 heavy (non-hydrogen) atoms. The van der Waals surface area contributed by atoms with Crippen molar-refractivity contribution >= 4 is 22.8 Å². The predicted molar refractivity (Wildman–Crippen MR) is 119 cm³/mol. The minimum Gasteiger partial charge on any atom is -0.792 e. The molecule has 1 saturated carbocycles. The Balaban J connectivity index is -0.000000321.